The minimum atomic E-state index is -0.118. The molecule has 25 heavy (non-hydrogen) atoms. The molecular formula is C21H21NO3. The predicted octanol–water partition coefficient (Wildman–Crippen LogP) is 3.97. The zero-order valence-electron chi connectivity index (χ0n) is 14.4. The Morgan fingerprint density at radius 3 is 2.60 bits per heavy atom. The Morgan fingerprint density at radius 1 is 1.00 bits per heavy atom. The molecule has 0 aromatic heterocycles. The monoisotopic (exact) mass is 335 g/mol. The van der Waals surface area contributed by atoms with Crippen LogP contribution in [0.1, 0.15) is 15.9 Å². The number of ether oxygens (including phenoxy) is 2. The van der Waals surface area contributed by atoms with Gasteiger partial charge in [-0.2, -0.15) is 0 Å². The maximum Gasteiger partial charge on any atom is 0.251 e. The Balaban J connectivity index is 1.56. The van der Waals surface area contributed by atoms with Crippen LogP contribution in [0.25, 0.3) is 10.8 Å². The fraction of sp³-hybridized carbons (Fsp3) is 0.190. The van der Waals surface area contributed by atoms with Gasteiger partial charge in [0.05, 0.1) is 13.7 Å². The first kappa shape index (κ1) is 16.8. The first-order valence-electron chi connectivity index (χ1n) is 8.22. The summed E-state index contributed by atoms with van der Waals surface area (Å²) in [5.41, 5.74) is 1.55. The molecule has 4 nitrogen and oxygen atoms in total. The van der Waals surface area contributed by atoms with Gasteiger partial charge < -0.3 is 14.8 Å². The third-order valence-electron chi connectivity index (χ3n) is 4.05. The molecule has 1 amide bonds. The predicted molar refractivity (Wildman–Crippen MR) is 99.5 cm³/mol. The van der Waals surface area contributed by atoms with Crippen LogP contribution in [0.4, 0.5) is 0 Å². The number of rotatable bonds is 6. The SMILES string of the molecule is COc1ccc(C(=O)NCCOc2cccc3ccccc23)cc1C. The van der Waals surface area contributed by atoms with Crippen LogP contribution in [0, 0.1) is 6.92 Å². The van der Waals surface area contributed by atoms with Gasteiger partial charge in [0.1, 0.15) is 18.1 Å². The Morgan fingerprint density at radius 2 is 1.80 bits per heavy atom. The minimum absolute atomic E-state index is 0.118. The molecule has 0 spiro atoms. The van der Waals surface area contributed by atoms with E-state index in [0.717, 1.165) is 27.8 Å². The third kappa shape index (κ3) is 3.91. The average Bonchev–Trinajstić information content (AvgIpc) is 2.65. The van der Waals surface area contributed by atoms with Crippen molar-refractivity contribution in [1.29, 1.82) is 0 Å². The molecule has 0 saturated carbocycles. The van der Waals surface area contributed by atoms with Gasteiger partial charge in [0.2, 0.25) is 0 Å². The molecule has 3 aromatic rings. The summed E-state index contributed by atoms with van der Waals surface area (Å²) in [7, 11) is 1.62. The van der Waals surface area contributed by atoms with Crippen LogP contribution in [-0.4, -0.2) is 26.2 Å². The average molecular weight is 335 g/mol. The van der Waals surface area contributed by atoms with Gasteiger partial charge in [-0.3, -0.25) is 4.79 Å². The quantitative estimate of drug-likeness (QED) is 0.694. The number of nitrogens with one attached hydrogen (secondary N) is 1. The summed E-state index contributed by atoms with van der Waals surface area (Å²) in [6, 6.07) is 19.4. The van der Waals surface area contributed by atoms with E-state index in [2.05, 4.69) is 17.4 Å². The highest BCUT2D eigenvalue weighted by atomic mass is 16.5. The fourth-order valence-corrected chi connectivity index (χ4v) is 2.77. The van der Waals surface area contributed by atoms with Crippen molar-refractivity contribution in [2.45, 2.75) is 6.92 Å². The zero-order valence-corrected chi connectivity index (χ0v) is 14.4. The van der Waals surface area contributed by atoms with E-state index < -0.39 is 0 Å². The zero-order chi connectivity index (χ0) is 17.6. The summed E-state index contributed by atoms with van der Waals surface area (Å²) in [5, 5.41) is 5.09. The number of hydrogen-bond donors (Lipinski definition) is 1. The van der Waals surface area contributed by atoms with E-state index in [1.165, 1.54) is 0 Å². The van der Waals surface area contributed by atoms with Gasteiger partial charge in [-0.25, -0.2) is 0 Å². The van der Waals surface area contributed by atoms with Crippen molar-refractivity contribution in [2.24, 2.45) is 0 Å². The molecule has 0 heterocycles. The fourth-order valence-electron chi connectivity index (χ4n) is 2.77. The van der Waals surface area contributed by atoms with Crippen LogP contribution >= 0.6 is 0 Å². The second-order valence-electron chi connectivity index (χ2n) is 5.77. The normalized spacial score (nSPS) is 10.5. The molecule has 3 aromatic carbocycles. The number of benzene rings is 3. The smallest absolute Gasteiger partial charge is 0.251 e. The summed E-state index contributed by atoms with van der Waals surface area (Å²) in [5.74, 6) is 1.48. The molecule has 0 atom stereocenters. The van der Waals surface area contributed by atoms with E-state index in [4.69, 9.17) is 9.47 Å². The Bertz CT molecular complexity index is 884. The van der Waals surface area contributed by atoms with Crippen molar-refractivity contribution < 1.29 is 14.3 Å². The van der Waals surface area contributed by atoms with Gasteiger partial charge in [0.25, 0.3) is 5.91 Å². The van der Waals surface area contributed by atoms with Crippen LogP contribution in [0.2, 0.25) is 0 Å². The van der Waals surface area contributed by atoms with E-state index in [1.54, 1.807) is 19.2 Å². The van der Waals surface area contributed by atoms with Gasteiger partial charge in [0, 0.05) is 10.9 Å². The van der Waals surface area contributed by atoms with Crippen molar-refractivity contribution >= 4 is 16.7 Å². The molecule has 0 aliphatic rings. The lowest BCUT2D eigenvalue weighted by atomic mass is 10.1. The maximum absolute atomic E-state index is 12.2. The van der Waals surface area contributed by atoms with Crippen LogP contribution in [0.3, 0.4) is 0 Å². The molecule has 0 aliphatic heterocycles. The highest BCUT2D eigenvalue weighted by Crippen LogP contribution is 2.24. The first-order chi connectivity index (χ1) is 12.2. The molecule has 0 aliphatic carbocycles. The maximum atomic E-state index is 12.2. The summed E-state index contributed by atoms with van der Waals surface area (Å²) >= 11 is 0. The summed E-state index contributed by atoms with van der Waals surface area (Å²) in [6.07, 6.45) is 0. The Kier molecular flexibility index (Phi) is 5.19. The Hall–Kier alpha value is -3.01. The second kappa shape index (κ2) is 7.71. The summed E-state index contributed by atoms with van der Waals surface area (Å²) < 4.78 is 11.0. The highest BCUT2D eigenvalue weighted by Gasteiger charge is 2.08. The van der Waals surface area contributed by atoms with Crippen LogP contribution in [-0.2, 0) is 0 Å². The summed E-state index contributed by atoms with van der Waals surface area (Å²) in [6.45, 7) is 2.77. The molecule has 0 unspecified atom stereocenters. The van der Waals surface area contributed by atoms with E-state index in [0.29, 0.717) is 18.7 Å². The van der Waals surface area contributed by atoms with Crippen molar-refractivity contribution in [3.63, 3.8) is 0 Å². The number of fused-ring (bicyclic) bond motifs is 1. The molecule has 0 bridgehead atoms. The number of carbonyl (C=O) groups is 1. The number of hydrogen-bond acceptors (Lipinski definition) is 3. The molecule has 0 radical (unpaired) electrons. The van der Waals surface area contributed by atoms with E-state index in [-0.39, 0.29) is 5.91 Å². The van der Waals surface area contributed by atoms with Crippen LogP contribution < -0.4 is 14.8 Å². The largest absolute Gasteiger partial charge is 0.496 e. The lowest BCUT2D eigenvalue weighted by Gasteiger charge is -2.11. The van der Waals surface area contributed by atoms with Crippen molar-refractivity contribution in [3.8, 4) is 11.5 Å². The molecule has 1 N–H and O–H groups in total. The third-order valence-corrected chi connectivity index (χ3v) is 4.05. The van der Waals surface area contributed by atoms with Crippen molar-refractivity contribution in [1.82, 2.24) is 5.32 Å². The number of carbonyl (C=O) groups excluding carboxylic acids is 1. The molecule has 4 heteroatoms. The van der Waals surface area contributed by atoms with Gasteiger partial charge in [-0.05, 0) is 42.1 Å². The highest BCUT2D eigenvalue weighted by molar-refractivity contribution is 5.94. The van der Waals surface area contributed by atoms with Crippen molar-refractivity contribution in [3.05, 3.63) is 71.8 Å². The number of methoxy groups -OCH3 is 1. The van der Waals surface area contributed by atoms with Crippen LogP contribution in [0.15, 0.2) is 60.7 Å². The van der Waals surface area contributed by atoms with Crippen molar-refractivity contribution in [2.75, 3.05) is 20.3 Å². The molecule has 0 saturated heterocycles. The lowest BCUT2D eigenvalue weighted by Crippen LogP contribution is -2.28. The topological polar surface area (TPSA) is 47.6 Å². The lowest BCUT2D eigenvalue weighted by molar-refractivity contribution is 0.0947. The van der Waals surface area contributed by atoms with E-state index in [1.807, 2.05) is 43.3 Å². The van der Waals surface area contributed by atoms with Gasteiger partial charge >= 0.3 is 0 Å². The molecular weight excluding hydrogens is 314 g/mol. The van der Waals surface area contributed by atoms with E-state index >= 15 is 0 Å². The minimum Gasteiger partial charge on any atom is -0.496 e. The number of aryl methyl sites for hydroxylation is 1. The van der Waals surface area contributed by atoms with Crippen LogP contribution in [0.5, 0.6) is 11.5 Å². The Labute approximate surface area is 147 Å². The number of amides is 1. The molecule has 3 rings (SSSR count). The first-order valence-corrected chi connectivity index (χ1v) is 8.22. The van der Waals surface area contributed by atoms with Gasteiger partial charge in [0.15, 0.2) is 0 Å². The second-order valence-corrected chi connectivity index (χ2v) is 5.77. The molecule has 0 fully saturated rings. The summed E-state index contributed by atoms with van der Waals surface area (Å²) in [4.78, 5) is 12.2. The molecule has 128 valence electrons. The standard InChI is InChI=1S/C21H21NO3/c1-15-14-17(10-11-19(15)24-2)21(23)22-12-13-25-20-9-5-7-16-6-3-4-8-18(16)20/h3-11,14H,12-13H2,1-2H3,(H,22,23). The van der Waals surface area contributed by atoms with E-state index in [9.17, 15) is 4.79 Å². The van der Waals surface area contributed by atoms with Gasteiger partial charge in [-0.15, -0.1) is 0 Å². The van der Waals surface area contributed by atoms with Gasteiger partial charge in [-0.1, -0.05) is 36.4 Å².